The van der Waals surface area contributed by atoms with Gasteiger partial charge in [-0.05, 0) is 24.5 Å². The molecule has 2 rings (SSSR count). The lowest BCUT2D eigenvalue weighted by Crippen LogP contribution is -2.48. The average Bonchev–Trinajstić information content (AvgIpc) is 2.74. The standard InChI is InChI=1S/C22H26N2O5/c1-16(23)21(26)24-19(22(27)29-15-18-10-6-3-7-11-18)12-13-20(25)28-14-17-8-4-2-5-9-17/h2-11,16,19H,12-15,23H2,1H3,(H,24,26)/t16-,19+/m0/s1. The van der Waals surface area contributed by atoms with Crippen LogP contribution in [0.15, 0.2) is 60.7 Å². The molecule has 0 unspecified atom stereocenters. The quantitative estimate of drug-likeness (QED) is 0.594. The normalized spacial score (nSPS) is 12.5. The summed E-state index contributed by atoms with van der Waals surface area (Å²) in [6.07, 6.45) is 0.0108. The van der Waals surface area contributed by atoms with Crippen LogP contribution in [0.1, 0.15) is 30.9 Å². The Morgan fingerprint density at radius 1 is 0.897 bits per heavy atom. The van der Waals surface area contributed by atoms with Gasteiger partial charge < -0.3 is 20.5 Å². The van der Waals surface area contributed by atoms with Gasteiger partial charge in [0.2, 0.25) is 5.91 Å². The van der Waals surface area contributed by atoms with Crippen LogP contribution in [0.3, 0.4) is 0 Å². The third kappa shape index (κ3) is 8.15. The van der Waals surface area contributed by atoms with Crippen LogP contribution < -0.4 is 11.1 Å². The Morgan fingerprint density at radius 3 is 1.93 bits per heavy atom. The molecule has 0 aliphatic carbocycles. The van der Waals surface area contributed by atoms with Crippen LogP contribution in [0, 0.1) is 0 Å². The molecule has 0 fully saturated rings. The van der Waals surface area contributed by atoms with Gasteiger partial charge in [-0.15, -0.1) is 0 Å². The van der Waals surface area contributed by atoms with Crippen molar-refractivity contribution in [3.05, 3.63) is 71.8 Å². The molecule has 0 aromatic heterocycles. The number of carbonyl (C=O) groups is 3. The number of nitrogens with two attached hydrogens (primary N) is 1. The zero-order valence-electron chi connectivity index (χ0n) is 16.4. The molecule has 2 aromatic rings. The van der Waals surface area contributed by atoms with E-state index in [4.69, 9.17) is 15.2 Å². The maximum absolute atomic E-state index is 12.4. The minimum Gasteiger partial charge on any atom is -0.461 e. The van der Waals surface area contributed by atoms with E-state index in [0.717, 1.165) is 11.1 Å². The number of amides is 1. The van der Waals surface area contributed by atoms with Crippen LogP contribution in [0.5, 0.6) is 0 Å². The van der Waals surface area contributed by atoms with Gasteiger partial charge >= 0.3 is 11.9 Å². The monoisotopic (exact) mass is 398 g/mol. The summed E-state index contributed by atoms with van der Waals surface area (Å²) in [6.45, 7) is 1.73. The second-order valence-electron chi connectivity index (χ2n) is 6.63. The van der Waals surface area contributed by atoms with E-state index in [0.29, 0.717) is 0 Å². The molecule has 0 saturated heterocycles. The van der Waals surface area contributed by atoms with Crippen LogP contribution >= 0.6 is 0 Å². The first-order valence-corrected chi connectivity index (χ1v) is 9.41. The van der Waals surface area contributed by atoms with Gasteiger partial charge in [0, 0.05) is 6.42 Å². The largest absolute Gasteiger partial charge is 0.461 e. The smallest absolute Gasteiger partial charge is 0.328 e. The van der Waals surface area contributed by atoms with Crippen LogP contribution in [0.2, 0.25) is 0 Å². The number of hydrogen-bond donors (Lipinski definition) is 2. The van der Waals surface area contributed by atoms with Crippen molar-refractivity contribution < 1.29 is 23.9 Å². The highest BCUT2D eigenvalue weighted by Gasteiger charge is 2.25. The van der Waals surface area contributed by atoms with Crippen LogP contribution in [-0.2, 0) is 37.1 Å². The summed E-state index contributed by atoms with van der Waals surface area (Å²) in [5.41, 5.74) is 7.25. The summed E-state index contributed by atoms with van der Waals surface area (Å²) in [5.74, 6) is -1.59. The number of ether oxygens (including phenoxy) is 2. The first kappa shape index (κ1) is 22.1. The Bertz CT molecular complexity index is 793. The third-order valence-corrected chi connectivity index (χ3v) is 4.12. The van der Waals surface area contributed by atoms with Gasteiger partial charge in [-0.25, -0.2) is 4.79 Å². The molecule has 3 N–H and O–H groups in total. The molecule has 0 heterocycles. The second kappa shape index (κ2) is 11.6. The predicted octanol–water partition coefficient (Wildman–Crippen LogP) is 2.09. The fourth-order valence-corrected chi connectivity index (χ4v) is 2.45. The lowest BCUT2D eigenvalue weighted by molar-refractivity contribution is -0.150. The summed E-state index contributed by atoms with van der Waals surface area (Å²) in [5, 5.41) is 2.54. The van der Waals surface area contributed by atoms with E-state index in [1.54, 1.807) is 0 Å². The maximum atomic E-state index is 12.4. The maximum Gasteiger partial charge on any atom is 0.328 e. The van der Waals surface area contributed by atoms with Crippen LogP contribution in [0.25, 0.3) is 0 Å². The van der Waals surface area contributed by atoms with Crippen molar-refractivity contribution in [2.24, 2.45) is 5.73 Å². The molecule has 2 aromatic carbocycles. The Morgan fingerprint density at radius 2 is 1.41 bits per heavy atom. The number of nitrogens with one attached hydrogen (secondary N) is 1. The molecule has 0 saturated carbocycles. The molecule has 0 spiro atoms. The van der Waals surface area contributed by atoms with Crippen molar-refractivity contribution in [3.63, 3.8) is 0 Å². The highest BCUT2D eigenvalue weighted by atomic mass is 16.5. The van der Waals surface area contributed by atoms with Crippen LogP contribution in [0.4, 0.5) is 0 Å². The van der Waals surface area contributed by atoms with Gasteiger partial charge in [0.25, 0.3) is 0 Å². The molecule has 7 heteroatoms. The van der Waals surface area contributed by atoms with Gasteiger partial charge in [0.15, 0.2) is 0 Å². The van der Waals surface area contributed by atoms with Crippen molar-refractivity contribution in [2.45, 2.75) is 45.1 Å². The molecule has 2 atom stereocenters. The summed E-state index contributed by atoms with van der Waals surface area (Å²) in [4.78, 5) is 36.4. The second-order valence-corrected chi connectivity index (χ2v) is 6.63. The van der Waals surface area contributed by atoms with E-state index in [-0.39, 0.29) is 26.1 Å². The Balaban J connectivity index is 1.87. The van der Waals surface area contributed by atoms with Crippen molar-refractivity contribution in [1.82, 2.24) is 5.32 Å². The predicted molar refractivity (Wildman–Crippen MR) is 107 cm³/mol. The van der Waals surface area contributed by atoms with E-state index in [1.165, 1.54) is 6.92 Å². The molecule has 29 heavy (non-hydrogen) atoms. The lowest BCUT2D eigenvalue weighted by Gasteiger charge is -2.18. The van der Waals surface area contributed by atoms with E-state index in [2.05, 4.69) is 5.32 Å². The summed E-state index contributed by atoms with van der Waals surface area (Å²) >= 11 is 0. The topological polar surface area (TPSA) is 108 Å². The first-order valence-electron chi connectivity index (χ1n) is 9.41. The fourth-order valence-electron chi connectivity index (χ4n) is 2.45. The fraction of sp³-hybridized carbons (Fsp3) is 0.318. The van der Waals surface area contributed by atoms with Crippen molar-refractivity contribution in [3.8, 4) is 0 Å². The van der Waals surface area contributed by atoms with E-state index in [1.807, 2.05) is 60.7 Å². The first-order chi connectivity index (χ1) is 14.0. The molecule has 0 aliphatic rings. The van der Waals surface area contributed by atoms with E-state index >= 15 is 0 Å². The minimum absolute atomic E-state index is 0.0445. The lowest BCUT2D eigenvalue weighted by atomic mass is 10.1. The number of rotatable bonds is 10. The SMILES string of the molecule is C[C@H](N)C(=O)N[C@H](CCC(=O)OCc1ccccc1)C(=O)OCc1ccccc1. The summed E-state index contributed by atoms with van der Waals surface area (Å²) in [7, 11) is 0. The van der Waals surface area contributed by atoms with Crippen molar-refractivity contribution in [1.29, 1.82) is 0 Å². The molecule has 0 aliphatic heterocycles. The van der Waals surface area contributed by atoms with Crippen molar-refractivity contribution >= 4 is 17.8 Å². The van der Waals surface area contributed by atoms with Crippen LogP contribution in [-0.4, -0.2) is 29.9 Å². The van der Waals surface area contributed by atoms with Gasteiger partial charge in [-0.3, -0.25) is 9.59 Å². The van der Waals surface area contributed by atoms with E-state index in [9.17, 15) is 14.4 Å². The molecular formula is C22H26N2O5. The van der Waals surface area contributed by atoms with Gasteiger partial charge in [-0.1, -0.05) is 60.7 Å². The zero-order chi connectivity index (χ0) is 21.1. The highest BCUT2D eigenvalue weighted by Crippen LogP contribution is 2.08. The van der Waals surface area contributed by atoms with Gasteiger partial charge in [0.1, 0.15) is 19.3 Å². The molecule has 7 nitrogen and oxygen atoms in total. The Kier molecular flexibility index (Phi) is 8.85. The van der Waals surface area contributed by atoms with Gasteiger partial charge in [0.05, 0.1) is 6.04 Å². The Labute approximate surface area is 170 Å². The van der Waals surface area contributed by atoms with E-state index < -0.39 is 29.9 Å². The Hall–Kier alpha value is -3.19. The number of hydrogen-bond acceptors (Lipinski definition) is 6. The summed E-state index contributed by atoms with van der Waals surface area (Å²) in [6, 6.07) is 16.7. The number of benzene rings is 2. The molecule has 1 amide bonds. The molecule has 0 radical (unpaired) electrons. The van der Waals surface area contributed by atoms with Gasteiger partial charge in [-0.2, -0.15) is 0 Å². The minimum atomic E-state index is -0.985. The molecular weight excluding hydrogens is 372 g/mol. The highest BCUT2D eigenvalue weighted by molar-refractivity contribution is 5.87. The average molecular weight is 398 g/mol. The molecule has 0 bridgehead atoms. The summed E-state index contributed by atoms with van der Waals surface area (Å²) < 4.78 is 10.5. The zero-order valence-corrected chi connectivity index (χ0v) is 16.4. The molecule has 154 valence electrons. The van der Waals surface area contributed by atoms with Crippen molar-refractivity contribution in [2.75, 3.05) is 0 Å². The number of esters is 2. The third-order valence-electron chi connectivity index (χ3n) is 4.12. The number of carbonyl (C=O) groups excluding carboxylic acids is 3.